The summed E-state index contributed by atoms with van der Waals surface area (Å²) in [6.45, 7) is 2.02. The molecule has 4 nitrogen and oxygen atoms in total. The van der Waals surface area contributed by atoms with Crippen LogP contribution in [0.2, 0.25) is 0 Å². The fourth-order valence-electron chi connectivity index (χ4n) is 4.34. The van der Waals surface area contributed by atoms with Gasteiger partial charge in [0.15, 0.2) is 0 Å². The number of fused-ring (bicyclic) bond motifs is 1. The predicted octanol–water partition coefficient (Wildman–Crippen LogP) is 5.14. The molecule has 0 saturated carbocycles. The standard InChI is InChI=1S/C24H27NO3/c1-27-18-11-12-19-17(16-18)10-13-21(26)23(19)24(25-14-6-3-7-15-25)20-8-4-5-9-22(20)28-2/h4-5,8-13,16,24,26H,3,6-7,14-15H2,1-2H3. The van der Waals surface area contributed by atoms with Crippen molar-refractivity contribution in [3.8, 4) is 17.2 Å². The van der Waals surface area contributed by atoms with Crippen LogP contribution < -0.4 is 9.47 Å². The minimum absolute atomic E-state index is 0.0615. The van der Waals surface area contributed by atoms with Crippen LogP contribution in [0.1, 0.15) is 36.4 Å². The molecule has 1 saturated heterocycles. The summed E-state index contributed by atoms with van der Waals surface area (Å²) in [7, 11) is 3.38. The number of aromatic hydroxyl groups is 1. The molecule has 4 heteroatoms. The molecule has 4 rings (SSSR count). The van der Waals surface area contributed by atoms with E-state index in [4.69, 9.17) is 9.47 Å². The maximum atomic E-state index is 11.0. The van der Waals surface area contributed by atoms with Crippen LogP contribution in [0.5, 0.6) is 17.2 Å². The second kappa shape index (κ2) is 8.11. The highest BCUT2D eigenvalue weighted by atomic mass is 16.5. The highest BCUT2D eigenvalue weighted by Gasteiger charge is 2.30. The topological polar surface area (TPSA) is 41.9 Å². The van der Waals surface area contributed by atoms with Gasteiger partial charge in [0.1, 0.15) is 17.2 Å². The van der Waals surface area contributed by atoms with Gasteiger partial charge >= 0.3 is 0 Å². The Morgan fingerprint density at radius 3 is 2.43 bits per heavy atom. The number of benzene rings is 3. The largest absolute Gasteiger partial charge is 0.508 e. The van der Waals surface area contributed by atoms with Crippen molar-refractivity contribution in [3.05, 3.63) is 65.7 Å². The smallest absolute Gasteiger partial charge is 0.123 e. The number of likely N-dealkylation sites (tertiary alicyclic amines) is 1. The van der Waals surface area contributed by atoms with Crippen LogP contribution in [-0.2, 0) is 0 Å². The summed E-state index contributed by atoms with van der Waals surface area (Å²) in [6.07, 6.45) is 3.60. The van der Waals surface area contributed by atoms with Gasteiger partial charge in [-0.2, -0.15) is 0 Å². The van der Waals surface area contributed by atoms with Gasteiger partial charge in [-0.1, -0.05) is 36.8 Å². The lowest BCUT2D eigenvalue weighted by molar-refractivity contribution is 0.183. The molecule has 1 aliphatic heterocycles. The number of para-hydroxylation sites is 1. The molecule has 0 aromatic heterocycles. The number of ether oxygens (including phenoxy) is 2. The zero-order valence-electron chi connectivity index (χ0n) is 16.5. The van der Waals surface area contributed by atoms with Crippen molar-refractivity contribution < 1.29 is 14.6 Å². The minimum Gasteiger partial charge on any atom is -0.508 e. The Kier molecular flexibility index (Phi) is 5.40. The van der Waals surface area contributed by atoms with Gasteiger partial charge in [0, 0.05) is 11.1 Å². The average molecular weight is 377 g/mol. The molecule has 0 amide bonds. The van der Waals surface area contributed by atoms with E-state index in [2.05, 4.69) is 17.0 Å². The first-order chi connectivity index (χ1) is 13.7. The van der Waals surface area contributed by atoms with Gasteiger partial charge in [-0.3, -0.25) is 4.90 Å². The second-order valence-corrected chi connectivity index (χ2v) is 7.33. The summed E-state index contributed by atoms with van der Waals surface area (Å²) >= 11 is 0. The molecule has 0 radical (unpaired) electrons. The second-order valence-electron chi connectivity index (χ2n) is 7.33. The third kappa shape index (κ3) is 3.40. The van der Waals surface area contributed by atoms with Crippen LogP contribution in [0, 0.1) is 0 Å². The molecule has 28 heavy (non-hydrogen) atoms. The van der Waals surface area contributed by atoms with E-state index in [1.165, 1.54) is 19.3 Å². The average Bonchev–Trinajstić information content (AvgIpc) is 2.76. The first-order valence-electron chi connectivity index (χ1n) is 9.89. The molecule has 3 aromatic rings. The van der Waals surface area contributed by atoms with E-state index in [1.807, 2.05) is 36.4 Å². The number of phenols is 1. The van der Waals surface area contributed by atoms with E-state index >= 15 is 0 Å². The van der Waals surface area contributed by atoms with Crippen LogP contribution >= 0.6 is 0 Å². The van der Waals surface area contributed by atoms with Crippen molar-refractivity contribution in [1.29, 1.82) is 0 Å². The van der Waals surface area contributed by atoms with Crippen molar-refractivity contribution in [3.63, 3.8) is 0 Å². The number of rotatable bonds is 5. The highest BCUT2D eigenvalue weighted by Crippen LogP contribution is 2.43. The summed E-state index contributed by atoms with van der Waals surface area (Å²) in [5.41, 5.74) is 2.03. The van der Waals surface area contributed by atoms with Crippen molar-refractivity contribution >= 4 is 10.8 Å². The number of methoxy groups -OCH3 is 2. The van der Waals surface area contributed by atoms with E-state index in [1.54, 1.807) is 20.3 Å². The number of hydrogen-bond acceptors (Lipinski definition) is 4. The number of phenolic OH excluding ortho intramolecular Hbond substituents is 1. The Labute approximate surface area is 166 Å². The molecular weight excluding hydrogens is 350 g/mol. The third-order valence-electron chi connectivity index (χ3n) is 5.71. The van der Waals surface area contributed by atoms with E-state index in [0.29, 0.717) is 5.75 Å². The van der Waals surface area contributed by atoms with Crippen LogP contribution in [0.4, 0.5) is 0 Å². The minimum atomic E-state index is -0.0615. The lowest BCUT2D eigenvalue weighted by atomic mass is 9.89. The number of nitrogens with zero attached hydrogens (tertiary/aromatic N) is 1. The first-order valence-corrected chi connectivity index (χ1v) is 9.89. The zero-order chi connectivity index (χ0) is 19.5. The Morgan fingerprint density at radius 1 is 0.893 bits per heavy atom. The van der Waals surface area contributed by atoms with Crippen molar-refractivity contribution in [2.75, 3.05) is 27.3 Å². The number of hydrogen-bond donors (Lipinski definition) is 1. The van der Waals surface area contributed by atoms with E-state index in [0.717, 1.165) is 46.5 Å². The Morgan fingerprint density at radius 2 is 1.68 bits per heavy atom. The Hall–Kier alpha value is -2.72. The van der Waals surface area contributed by atoms with Gasteiger partial charge in [0.25, 0.3) is 0 Å². The maximum Gasteiger partial charge on any atom is 0.123 e. The molecule has 1 heterocycles. The van der Waals surface area contributed by atoms with E-state index in [-0.39, 0.29) is 6.04 Å². The Bertz CT molecular complexity index is 963. The van der Waals surface area contributed by atoms with Crippen molar-refractivity contribution in [1.82, 2.24) is 4.90 Å². The molecular formula is C24H27NO3. The van der Waals surface area contributed by atoms with Crippen LogP contribution in [0.25, 0.3) is 10.8 Å². The monoisotopic (exact) mass is 377 g/mol. The highest BCUT2D eigenvalue weighted by molar-refractivity contribution is 5.90. The lowest BCUT2D eigenvalue weighted by Gasteiger charge is -2.36. The Balaban J connectivity index is 1.95. The first kappa shape index (κ1) is 18.6. The molecule has 3 aromatic carbocycles. The molecule has 0 aliphatic carbocycles. The van der Waals surface area contributed by atoms with E-state index < -0.39 is 0 Å². The quantitative estimate of drug-likeness (QED) is 0.669. The van der Waals surface area contributed by atoms with Crippen molar-refractivity contribution in [2.24, 2.45) is 0 Å². The van der Waals surface area contributed by atoms with Gasteiger partial charge in [-0.25, -0.2) is 0 Å². The molecule has 1 N–H and O–H groups in total. The fourth-order valence-corrected chi connectivity index (χ4v) is 4.34. The summed E-state index contributed by atoms with van der Waals surface area (Å²) in [4.78, 5) is 2.47. The summed E-state index contributed by atoms with van der Waals surface area (Å²) < 4.78 is 11.1. The van der Waals surface area contributed by atoms with Gasteiger partial charge in [-0.15, -0.1) is 0 Å². The molecule has 146 valence electrons. The number of piperidine rings is 1. The van der Waals surface area contributed by atoms with E-state index in [9.17, 15) is 5.11 Å². The summed E-state index contributed by atoms with van der Waals surface area (Å²) in [6, 6.07) is 17.9. The lowest BCUT2D eigenvalue weighted by Crippen LogP contribution is -2.34. The molecule has 1 atom stereocenters. The SMILES string of the molecule is COc1ccc2c(C(c3ccccc3OC)N3CCCCC3)c(O)ccc2c1. The summed E-state index contributed by atoms with van der Waals surface area (Å²) in [5.74, 6) is 1.98. The van der Waals surface area contributed by atoms with Gasteiger partial charge in [0.2, 0.25) is 0 Å². The maximum absolute atomic E-state index is 11.0. The van der Waals surface area contributed by atoms with Gasteiger partial charge in [-0.05, 0) is 61.0 Å². The predicted molar refractivity (Wildman–Crippen MR) is 112 cm³/mol. The molecule has 0 spiro atoms. The van der Waals surface area contributed by atoms with Crippen LogP contribution in [0.15, 0.2) is 54.6 Å². The fraction of sp³-hybridized carbons (Fsp3) is 0.333. The molecule has 1 fully saturated rings. The van der Waals surface area contributed by atoms with Crippen LogP contribution in [0.3, 0.4) is 0 Å². The normalized spacial score (nSPS) is 16.1. The molecule has 1 unspecified atom stereocenters. The van der Waals surface area contributed by atoms with Gasteiger partial charge < -0.3 is 14.6 Å². The summed E-state index contributed by atoms with van der Waals surface area (Å²) in [5, 5.41) is 13.1. The van der Waals surface area contributed by atoms with Crippen molar-refractivity contribution in [2.45, 2.75) is 25.3 Å². The molecule has 0 bridgehead atoms. The molecule has 1 aliphatic rings. The van der Waals surface area contributed by atoms with Crippen LogP contribution in [-0.4, -0.2) is 37.3 Å². The van der Waals surface area contributed by atoms with Gasteiger partial charge in [0.05, 0.1) is 20.3 Å². The zero-order valence-corrected chi connectivity index (χ0v) is 16.5. The third-order valence-corrected chi connectivity index (χ3v) is 5.71.